The molecule has 0 radical (unpaired) electrons. The molecule has 2 aromatic carbocycles. The zero-order valence-corrected chi connectivity index (χ0v) is 13.2. The Morgan fingerprint density at radius 1 is 0.957 bits per heavy atom. The van der Waals surface area contributed by atoms with Crippen molar-refractivity contribution < 1.29 is 8.78 Å². The van der Waals surface area contributed by atoms with E-state index in [1.165, 1.54) is 6.07 Å². The van der Waals surface area contributed by atoms with Crippen molar-refractivity contribution in [3.05, 3.63) is 75.7 Å². The smallest absolute Gasteiger partial charge is 0.265 e. The molecule has 0 bridgehead atoms. The molecule has 3 aromatic rings. The fourth-order valence-electron chi connectivity index (χ4n) is 3.00. The maximum Gasteiger partial charge on any atom is 0.265 e. The fourth-order valence-corrected chi connectivity index (χ4v) is 3.00. The van der Waals surface area contributed by atoms with Gasteiger partial charge in [-0.05, 0) is 35.9 Å². The van der Waals surface area contributed by atoms with Gasteiger partial charge in [0.2, 0.25) is 5.95 Å². The van der Waals surface area contributed by atoms with E-state index in [9.17, 15) is 9.18 Å². The van der Waals surface area contributed by atoms with Gasteiger partial charge in [-0.2, -0.15) is 4.39 Å². The number of para-hydroxylation sites is 1. The maximum atomic E-state index is 15.2. The van der Waals surface area contributed by atoms with Crippen molar-refractivity contribution in [2.24, 2.45) is 0 Å². The Bertz CT molecular complexity index is 937. The predicted octanol–water partition coefficient (Wildman–Crippen LogP) is 4.70. The van der Waals surface area contributed by atoms with Crippen LogP contribution in [-0.4, -0.2) is 4.57 Å². The third-order valence-electron chi connectivity index (χ3n) is 4.06. The van der Waals surface area contributed by atoms with Crippen molar-refractivity contribution in [3.63, 3.8) is 0 Å². The minimum atomic E-state index is -0.697. The number of nitrogens with zero attached hydrogens (tertiary/aromatic N) is 1. The average molecular weight is 313 g/mol. The molecule has 0 fully saturated rings. The highest BCUT2D eigenvalue weighted by atomic mass is 19.1. The van der Waals surface area contributed by atoms with Crippen LogP contribution in [0.3, 0.4) is 0 Å². The Labute approximate surface area is 133 Å². The fraction of sp³-hybridized carbons (Fsp3) is 0.211. The Kier molecular flexibility index (Phi) is 3.76. The molecule has 0 unspecified atom stereocenters. The lowest BCUT2D eigenvalue weighted by atomic mass is 9.97. The number of aromatic nitrogens is 1. The van der Waals surface area contributed by atoms with Gasteiger partial charge in [0.1, 0.15) is 5.82 Å². The van der Waals surface area contributed by atoms with E-state index >= 15 is 4.39 Å². The molecule has 118 valence electrons. The van der Waals surface area contributed by atoms with E-state index in [1.807, 2.05) is 13.8 Å². The van der Waals surface area contributed by atoms with Gasteiger partial charge >= 0.3 is 0 Å². The summed E-state index contributed by atoms with van der Waals surface area (Å²) < 4.78 is 30.3. The molecule has 0 aliphatic heterocycles. The first-order chi connectivity index (χ1) is 10.9. The molecule has 0 aliphatic carbocycles. The highest BCUT2D eigenvalue weighted by molar-refractivity contribution is 5.85. The number of aryl methyl sites for hydroxylation is 1. The first-order valence-electron chi connectivity index (χ1n) is 7.52. The second-order valence-electron chi connectivity index (χ2n) is 5.95. The molecule has 3 rings (SSSR count). The van der Waals surface area contributed by atoms with Gasteiger partial charge in [-0.3, -0.25) is 4.79 Å². The highest BCUT2D eigenvalue weighted by Crippen LogP contribution is 2.28. The molecule has 0 N–H and O–H groups in total. The van der Waals surface area contributed by atoms with Gasteiger partial charge in [0.15, 0.2) is 0 Å². The summed E-state index contributed by atoms with van der Waals surface area (Å²) in [6.45, 7) is 5.37. The molecule has 0 aliphatic rings. The van der Waals surface area contributed by atoms with Gasteiger partial charge in [0.25, 0.3) is 5.56 Å². The average Bonchev–Trinajstić information content (AvgIpc) is 2.50. The molecule has 2 nitrogen and oxygen atoms in total. The summed E-state index contributed by atoms with van der Waals surface area (Å²) in [5, 5.41) is 0.968. The van der Waals surface area contributed by atoms with Gasteiger partial charge in [0, 0.05) is 10.9 Å². The van der Waals surface area contributed by atoms with Crippen LogP contribution in [0.4, 0.5) is 8.78 Å². The van der Waals surface area contributed by atoms with E-state index in [-0.39, 0.29) is 11.6 Å². The summed E-state index contributed by atoms with van der Waals surface area (Å²) in [7, 11) is 0. The Balaban J connectivity index is 2.55. The maximum absolute atomic E-state index is 15.2. The van der Waals surface area contributed by atoms with Crippen molar-refractivity contribution in [2.45, 2.75) is 26.7 Å². The van der Waals surface area contributed by atoms with E-state index in [4.69, 9.17) is 0 Å². The number of pyridine rings is 1. The zero-order chi connectivity index (χ0) is 16.7. The first kappa shape index (κ1) is 15.4. The number of benzene rings is 2. The molecule has 0 saturated heterocycles. The molecule has 1 heterocycles. The molecule has 23 heavy (non-hydrogen) atoms. The molecular formula is C19H17F2NO. The number of hydrogen-bond acceptors (Lipinski definition) is 1. The van der Waals surface area contributed by atoms with E-state index < -0.39 is 17.3 Å². The van der Waals surface area contributed by atoms with Crippen molar-refractivity contribution in [1.82, 2.24) is 4.57 Å². The number of hydrogen-bond donors (Lipinski definition) is 0. The van der Waals surface area contributed by atoms with Crippen molar-refractivity contribution in [2.75, 3.05) is 0 Å². The lowest BCUT2D eigenvalue weighted by Crippen LogP contribution is -2.25. The van der Waals surface area contributed by atoms with Gasteiger partial charge < -0.3 is 0 Å². The number of fused-ring (bicyclic) bond motifs is 1. The Morgan fingerprint density at radius 2 is 1.61 bits per heavy atom. The van der Waals surface area contributed by atoms with E-state index in [0.29, 0.717) is 21.9 Å². The standard InChI is InChI=1S/C19H17F2NO/c1-11(2)16-13-8-4-5-9-14(13)19(23)22(18(16)21)17-12(3)7-6-10-15(17)20/h4-11H,1-3H3. The van der Waals surface area contributed by atoms with Crippen LogP contribution in [0.1, 0.15) is 30.9 Å². The van der Waals surface area contributed by atoms with E-state index in [1.54, 1.807) is 43.3 Å². The number of rotatable bonds is 2. The van der Waals surface area contributed by atoms with Gasteiger partial charge in [0.05, 0.1) is 5.69 Å². The minimum Gasteiger partial charge on any atom is -0.268 e. The SMILES string of the molecule is Cc1cccc(F)c1-n1c(F)c(C(C)C)c2ccccc2c1=O. The van der Waals surface area contributed by atoms with Crippen molar-refractivity contribution in [3.8, 4) is 5.69 Å². The molecule has 0 spiro atoms. The van der Waals surface area contributed by atoms with Crippen LogP contribution in [0.15, 0.2) is 47.3 Å². The van der Waals surface area contributed by atoms with Crippen LogP contribution in [0.2, 0.25) is 0 Å². The van der Waals surface area contributed by atoms with Gasteiger partial charge in [-0.25, -0.2) is 8.96 Å². The quantitative estimate of drug-likeness (QED) is 0.629. The van der Waals surface area contributed by atoms with Gasteiger partial charge in [-0.15, -0.1) is 0 Å². The summed E-state index contributed by atoms with van der Waals surface area (Å²) >= 11 is 0. The van der Waals surface area contributed by atoms with Crippen LogP contribution in [-0.2, 0) is 0 Å². The van der Waals surface area contributed by atoms with E-state index in [0.717, 1.165) is 4.57 Å². The molecular weight excluding hydrogens is 296 g/mol. The predicted molar refractivity (Wildman–Crippen MR) is 88.3 cm³/mol. The summed E-state index contributed by atoms with van der Waals surface area (Å²) in [5.41, 5.74) is 0.359. The van der Waals surface area contributed by atoms with E-state index in [2.05, 4.69) is 0 Å². The second kappa shape index (κ2) is 5.61. The lowest BCUT2D eigenvalue weighted by molar-refractivity contribution is 0.511. The molecule has 1 aromatic heterocycles. The highest BCUT2D eigenvalue weighted by Gasteiger charge is 2.22. The minimum absolute atomic E-state index is 0.0253. The summed E-state index contributed by atoms with van der Waals surface area (Å²) in [6.07, 6.45) is 0. The summed E-state index contributed by atoms with van der Waals surface area (Å²) in [5.74, 6) is -1.45. The Morgan fingerprint density at radius 3 is 2.22 bits per heavy atom. The van der Waals surface area contributed by atoms with Crippen molar-refractivity contribution >= 4 is 10.8 Å². The molecule has 0 saturated carbocycles. The number of halogens is 2. The van der Waals surface area contributed by atoms with Crippen molar-refractivity contribution in [1.29, 1.82) is 0 Å². The lowest BCUT2D eigenvalue weighted by Gasteiger charge is -2.18. The molecule has 4 heteroatoms. The van der Waals surface area contributed by atoms with Crippen LogP contribution < -0.4 is 5.56 Å². The normalized spacial score (nSPS) is 11.4. The van der Waals surface area contributed by atoms with Crippen LogP contribution in [0, 0.1) is 18.7 Å². The van der Waals surface area contributed by atoms with Crippen LogP contribution >= 0.6 is 0 Å². The first-order valence-corrected chi connectivity index (χ1v) is 7.52. The summed E-state index contributed by atoms with van der Waals surface area (Å²) in [4.78, 5) is 12.8. The molecule has 0 amide bonds. The second-order valence-corrected chi connectivity index (χ2v) is 5.95. The third kappa shape index (κ3) is 2.34. The largest absolute Gasteiger partial charge is 0.268 e. The Hall–Kier alpha value is -2.49. The molecule has 0 atom stereocenters. The topological polar surface area (TPSA) is 22.0 Å². The van der Waals surface area contributed by atoms with Crippen LogP contribution in [0.5, 0.6) is 0 Å². The summed E-state index contributed by atoms with van der Waals surface area (Å²) in [6, 6.07) is 11.3. The zero-order valence-electron chi connectivity index (χ0n) is 13.2. The van der Waals surface area contributed by atoms with Gasteiger partial charge in [-0.1, -0.05) is 44.2 Å². The third-order valence-corrected chi connectivity index (χ3v) is 4.06. The monoisotopic (exact) mass is 313 g/mol. The van der Waals surface area contributed by atoms with Crippen LogP contribution in [0.25, 0.3) is 16.5 Å².